The molecular weight excluding hydrogens is 362 g/mol. The molecular formula is C21H31NO6. The van der Waals surface area contributed by atoms with Gasteiger partial charge in [0.1, 0.15) is 36.4 Å². The second kappa shape index (κ2) is 9.66. The molecule has 0 spiro atoms. The van der Waals surface area contributed by atoms with Crippen LogP contribution in [0.15, 0.2) is 18.2 Å². The van der Waals surface area contributed by atoms with Crippen LogP contribution in [-0.2, 0) is 14.3 Å². The molecule has 1 amide bonds. The number of esters is 1. The van der Waals surface area contributed by atoms with Crippen LogP contribution in [0, 0.1) is 6.92 Å². The molecule has 7 nitrogen and oxygen atoms in total. The minimum absolute atomic E-state index is 0.114. The van der Waals surface area contributed by atoms with Gasteiger partial charge in [0.25, 0.3) is 0 Å². The lowest BCUT2D eigenvalue weighted by atomic mass is 10.0. The molecule has 1 saturated heterocycles. The summed E-state index contributed by atoms with van der Waals surface area (Å²) in [5.41, 5.74) is 0.361. The van der Waals surface area contributed by atoms with Gasteiger partial charge in [0.05, 0.1) is 7.11 Å². The fourth-order valence-electron chi connectivity index (χ4n) is 3.05. The van der Waals surface area contributed by atoms with E-state index in [1.807, 2.05) is 19.1 Å². The molecule has 1 aromatic rings. The monoisotopic (exact) mass is 393 g/mol. The quantitative estimate of drug-likeness (QED) is 0.542. The van der Waals surface area contributed by atoms with E-state index in [1.165, 1.54) is 4.90 Å². The van der Waals surface area contributed by atoms with Gasteiger partial charge in [-0.2, -0.15) is 0 Å². The third kappa shape index (κ3) is 6.32. The number of likely N-dealkylation sites (tertiary alicyclic amines) is 1. The first-order valence-electron chi connectivity index (χ1n) is 9.65. The maximum absolute atomic E-state index is 12.5. The largest absolute Gasteiger partial charge is 0.496 e. The average molecular weight is 393 g/mol. The zero-order valence-corrected chi connectivity index (χ0v) is 17.4. The molecule has 156 valence electrons. The highest BCUT2D eigenvalue weighted by Gasteiger charge is 2.35. The molecule has 2 rings (SSSR count). The normalized spacial score (nSPS) is 17.0. The Morgan fingerprint density at radius 1 is 1.18 bits per heavy atom. The number of carbonyl (C=O) groups excluding carboxylic acids is 2. The Hall–Kier alpha value is -2.44. The van der Waals surface area contributed by atoms with Gasteiger partial charge < -0.3 is 18.9 Å². The predicted molar refractivity (Wildman–Crippen MR) is 105 cm³/mol. The number of aryl methyl sites for hydroxylation is 1. The third-order valence-electron chi connectivity index (χ3n) is 4.37. The lowest BCUT2D eigenvalue weighted by Crippen LogP contribution is -2.50. The Balaban J connectivity index is 1.83. The van der Waals surface area contributed by atoms with Crippen LogP contribution < -0.4 is 9.47 Å². The number of amides is 1. The van der Waals surface area contributed by atoms with Crippen LogP contribution in [0.1, 0.15) is 45.6 Å². The van der Waals surface area contributed by atoms with Crippen molar-refractivity contribution in [3.63, 3.8) is 0 Å². The van der Waals surface area contributed by atoms with Crippen LogP contribution in [0.25, 0.3) is 0 Å². The molecule has 1 atom stereocenters. The Kier molecular flexibility index (Phi) is 7.54. The van der Waals surface area contributed by atoms with E-state index in [2.05, 4.69) is 0 Å². The highest BCUT2D eigenvalue weighted by molar-refractivity contribution is 5.81. The molecule has 1 fully saturated rings. The highest BCUT2D eigenvalue weighted by atomic mass is 16.6. The first kappa shape index (κ1) is 21.9. The standard InChI is InChI=1S/C21H31NO6/c1-15-14-16(9-10-18(15)25-5)26-12-13-27-19(23)17-8-6-7-11-22(17)20(24)28-21(2,3)4/h9-10,14,17H,6-8,11-13H2,1-5H3. The third-order valence-corrected chi connectivity index (χ3v) is 4.37. The van der Waals surface area contributed by atoms with E-state index < -0.39 is 23.7 Å². The molecule has 7 heteroatoms. The Morgan fingerprint density at radius 2 is 1.93 bits per heavy atom. The highest BCUT2D eigenvalue weighted by Crippen LogP contribution is 2.23. The number of rotatable bonds is 6. The molecule has 0 saturated carbocycles. The maximum atomic E-state index is 12.5. The molecule has 1 aliphatic rings. The van der Waals surface area contributed by atoms with E-state index in [0.29, 0.717) is 18.7 Å². The predicted octanol–water partition coefficient (Wildman–Crippen LogP) is 3.72. The summed E-state index contributed by atoms with van der Waals surface area (Å²) in [5.74, 6) is 1.06. The van der Waals surface area contributed by atoms with Crippen LogP contribution in [0.2, 0.25) is 0 Å². The fourth-order valence-corrected chi connectivity index (χ4v) is 3.05. The number of methoxy groups -OCH3 is 1. The van der Waals surface area contributed by atoms with E-state index >= 15 is 0 Å². The van der Waals surface area contributed by atoms with Gasteiger partial charge >= 0.3 is 12.1 Å². The van der Waals surface area contributed by atoms with Gasteiger partial charge in [0.15, 0.2) is 0 Å². The van der Waals surface area contributed by atoms with Crippen molar-refractivity contribution in [1.29, 1.82) is 0 Å². The SMILES string of the molecule is COc1ccc(OCCOC(=O)C2CCCCN2C(=O)OC(C)(C)C)cc1C. The molecule has 1 heterocycles. The summed E-state index contributed by atoms with van der Waals surface area (Å²) in [6, 6.07) is 4.90. The van der Waals surface area contributed by atoms with Crippen molar-refractivity contribution >= 4 is 12.1 Å². The van der Waals surface area contributed by atoms with Gasteiger partial charge in [-0.05, 0) is 70.7 Å². The van der Waals surface area contributed by atoms with Crippen molar-refractivity contribution in [3.8, 4) is 11.5 Å². The first-order chi connectivity index (χ1) is 13.2. The van der Waals surface area contributed by atoms with E-state index in [1.54, 1.807) is 33.9 Å². The number of hydrogen-bond acceptors (Lipinski definition) is 6. The maximum Gasteiger partial charge on any atom is 0.411 e. The van der Waals surface area contributed by atoms with Gasteiger partial charge in [-0.25, -0.2) is 9.59 Å². The summed E-state index contributed by atoms with van der Waals surface area (Å²) in [6.45, 7) is 8.19. The van der Waals surface area contributed by atoms with E-state index in [4.69, 9.17) is 18.9 Å². The van der Waals surface area contributed by atoms with Gasteiger partial charge in [0, 0.05) is 6.54 Å². The van der Waals surface area contributed by atoms with Crippen molar-refractivity contribution < 1.29 is 28.5 Å². The van der Waals surface area contributed by atoms with Crippen molar-refractivity contribution in [2.75, 3.05) is 26.9 Å². The molecule has 0 bridgehead atoms. The number of ether oxygens (including phenoxy) is 4. The molecule has 28 heavy (non-hydrogen) atoms. The number of piperidine rings is 1. The lowest BCUT2D eigenvalue weighted by molar-refractivity contribution is -0.151. The summed E-state index contributed by atoms with van der Waals surface area (Å²) >= 11 is 0. The molecule has 0 N–H and O–H groups in total. The van der Waals surface area contributed by atoms with E-state index in [-0.39, 0.29) is 13.2 Å². The van der Waals surface area contributed by atoms with Gasteiger partial charge in [0.2, 0.25) is 0 Å². The molecule has 0 radical (unpaired) electrons. The number of nitrogens with zero attached hydrogens (tertiary/aromatic N) is 1. The van der Waals surface area contributed by atoms with Crippen molar-refractivity contribution in [2.45, 2.75) is 58.6 Å². The van der Waals surface area contributed by atoms with Crippen molar-refractivity contribution in [2.24, 2.45) is 0 Å². The summed E-state index contributed by atoms with van der Waals surface area (Å²) in [5, 5.41) is 0. The minimum atomic E-state index is -0.605. The lowest BCUT2D eigenvalue weighted by Gasteiger charge is -2.35. The molecule has 1 aliphatic heterocycles. The second-order valence-corrected chi connectivity index (χ2v) is 7.83. The molecule has 0 aromatic heterocycles. The zero-order valence-electron chi connectivity index (χ0n) is 17.4. The van der Waals surface area contributed by atoms with Gasteiger partial charge in [-0.15, -0.1) is 0 Å². The van der Waals surface area contributed by atoms with Crippen LogP contribution >= 0.6 is 0 Å². The minimum Gasteiger partial charge on any atom is -0.496 e. The number of carbonyl (C=O) groups is 2. The van der Waals surface area contributed by atoms with Crippen molar-refractivity contribution in [3.05, 3.63) is 23.8 Å². The number of benzene rings is 1. The smallest absolute Gasteiger partial charge is 0.411 e. The Bertz CT molecular complexity index is 682. The average Bonchev–Trinajstić information content (AvgIpc) is 2.64. The first-order valence-corrected chi connectivity index (χ1v) is 9.65. The Morgan fingerprint density at radius 3 is 2.57 bits per heavy atom. The fraction of sp³-hybridized carbons (Fsp3) is 0.619. The van der Waals surface area contributed by atoms with Crippen molar-refractivity contribution in [1.82, 2.24) is 4.90 Å². The molecule has 0 aliphatic carbocycles. The molecule has 1 unspecified atom stereocenters. The van der Waals surface area contributed by atoms with Crippen LogP contribution in [0.3, 0.4) is 0 Å². The number of hydrogen-bond donors (Lipinski definition) is 0. The van der Waals surface area contributed by atoms with E-state index in [9.17, 15) is 9.59 Å². The zero-order chi connectivity index (χ0) is 20.7. The molecule has 1 aromatic carbocycles. The summed E-state index contributed by atoms with van der Waals surface area (Å²) in [7, 11) is 1.62. The summed E-state index contributed by atoms with van der Waals surface area (Å²) < 4.78 is 21.6. The summed E-state index contributed by atoms with van der Waals surface area (Å²) in [6.07, 6.45) is 1.83. The summed E-state index contributed by atoms with van der Waals surface area (Å²) in [4.78, 5) is 26.3. The van der Waals surface area contributed by atoms with Crippen LogP contribution in [0.4, 0.5) is 4.79 Å². The topological polar surface area (TPSA) is 74.3 Å². The van der Waals surface area contributed by atoms with Crippen LogP contribution in [0.5, 0.6) is 11.5 Å². The van der Waals surface area contributed by atoms with Gasteiger partial charge in [-0.3, -0.25) is 4.90 Å². The van der Waals surface area contributed by atoms with Gasteiger partial charge in [-0.1, -0.05) is 0 Å². The second-order valence-electron chi connectivity index (χ2n) is 7.83. The Labute approximate surface area is 166 Å². The van der Waals surface area contributed by atoms with Crippen LogP contribution in [-0.4, -0.2) is 55.5 Å². The van der Waals surface area contributed by atoms with E-state index in [0.717, 1.165) is 24.2 Å².